The highest BCUT2D eigenvalue weighted by Gasteiger charge is 2.09. The van der Waals surface area contributed by atoms with E-state index < -0.39 is 5.97 Å². The Balaban J connectivity index is 2.12. The van der Waals surface area contributed by atoms with Gasteiger partial charge in [0.15, 0.2) is 0 Å². The van der Waals surface area contributed by atoms with Gasteiger partial charge in [-0.2, -0.15) is 11.8 Å². The van der Waals surface area contributed by atoms with Gasteiger partial charge in [-0.05, 0) is 29.3 Å². The Kier molecular flexibility index (Phi) is 6.26. The van der Waals surface area contributed by atoms with Crippen molar-refractivity contribution < 1.29 is 20.1 Å². The van der Waals surface area contributed by atoms with Gasteiger partial charge in [0, 0.05) is 28.7 Å². The lowest BCUT2D eigenvalue weighted by Gasteiger charge is -2.10. The number of aromatic hydroxyl groups is 1. The maximum absolute atomic E-state index is 10.6. The summed E-state index contributed by atoms with van der Waals surface area (Å²) in [6, 6.07) is 13.3. The molecule has 0 unspecified atom stereocenters. The summed E-state index contributed by atoms with van der Waals surface area (Å²) < 4.78 is 0. The van der Waals surface area contributed by atoms with Crippen LogP contribution in [0.2, 0.25) is 0 Å². The van der Waals surface area contributed by atoms with E-state index in [4.69, 9.17) is 5.11 Å². The second kappa shape index (κ2) is 8.41. The number of hydrogen-bond donors (Lipinski definition) is 3. The summed E-state index contributed by atoms with van der Waals surface area (Å²) in [6.07, 6.45) is 2.49. The van der Waals surface area contributed by atoms with E-state index in [0.29, 0.717) is 22.4 Å². The molecule has 0 aliphatic heterocycles. The van der Waals surface area contributed by atoms with E-state index in [1.807, 2.05) is 30.3 Å². The summed E-state index contributed by atoms with van der Waals surface area (Å²) in [5.74, 6) is 0.413. The Labute approximate surface area is 139 Å². The molecule has 4 nitrogen and oxygen atoms in total. The average molecular weight is 330 g/mol. The highest BCUT2D eigenvalue weighted by atomic mass is 32.2. The van der Waals surface area contributed by atoms with Crippen molar-refractivity contribution in [1.82, 2.24) is 0 Å². The SMILES string of the molecule is O=C(O)/C=C/c1cc(CO)c(O)c(CSCc2ccccc2)c1. The van der Waals surface area contributed by atoms with Crippen LogP contribution >= 0.6 is 11.8 Å². The number of carboxylic acid groups (broad SMARTS) is 1. The van der Waals surface area contributed by atoms with Gasteiger partial charge in [-0.1, -0.05) is 30.3 Å². The lowest BCUT2D eigenvalue weighted by Crippen LogP contribution is -1.93. The molecule has 0 aromatic heterocycles. The fourth-order valence-electron chi connectivity index (χ4n) is 2.13. The molecule has 0 bridgehead atoms. The summed E-state index contributed by atoms with van der Waals surface area (Å²) in [6.45, 7) is -0.295. The van der Waals surface area contributed by atoms with Gasteiger partial charge in [-0.3, -0.25) is 0 Å². The van der Waals surface area contributed by atoms with E-state index in [9.17, 15) is 15.0 Å². The zero-order chi connectivity index (χ0) is 16.7. The monoisotopic (exact) mass is 330 g/mol. The lowest BCUT2D eigenvalue weighted by atomic mass is 10.0. The molecule has 0 saturated heterocycles. The van der Waals surface area contributed by atoms with Crippen molar-refractivity contribution in [2.45, 2.75) is 18.1 Å². The number of aliphatic carboxylic acids is 1. The Morgan fingerprint density at radius 1 is 1.09 bits per heavy atom. The molecule has 0 aliphatic carbocycles. The van der Waals surface area contributed by atoms with Gasteiger partial charge in [0.05, 0.1) is 6.61 Å². The average Bonchev–Trinajstić information content (AvgIpc) is 2.56. The fourth-order valence-corrected chi connectivity index (χ4v) is 3.10. The first-order valence-corrected chi connectivity index (χ1v) is 8.24. The van der Waals surface area contributed by atoms with Crippen LogP contribution in [0.15, 0.2) is 48.5 Å². The quantitative estimate of drug-likeness (QED) is 0.678. The third-order valence-corrected chi connectivity index (χ3v) is 4.30. The third-order valence-electron chi connectivity index (χ3n) is 3.25. The van der Waals surface area contributed by atoms with Crippen LogP contribution in [0.1, 0.15) is 22.3 Å². The second-order valence-corrected chi connectivity index (χ2v) is 5.98. The number of rotatable bonds is 7. The molecular weight excluding hydrogens is 312 g/mol. The second-order valence-electron chi connectivity index (χ2n) is 5.00. The van der Waals surface area contributed by atoms with Crippen LogP contribution in [-0.4, -0.2) is 21.3 Å². The first-order chi connectivity index (χ1) is 11.1. The summed E-state index contributed by atoms with van der Waals surface area (Å²) in [4.78, 5) is 10.6. The van der Waals surface area contributed by atoms with Crippen molar-refractivity contribution in [3.8, 4) is 5.75 Å². The minimum atomic E-state index is -1.04. The summed E-state index contributed by atoms with van der Waals surface area (Å²) in [5, 5.41) is 28.2. The first kappa shape index (κ1) is 17.1. The minimum absolute atomic E-state index is 0.0699. The topological polar surface area (TPSA) is 77.8 Å². The smallest absolute Gasteiger partial charge is 0.328 e. The van der Waals surface area contributed by atoms with Crippen molar-refractivity contribution in [3.05, 3.63) is 70.8 Å². The normalized spacial score (nSPS) is 11.0. The highest BCUT2D eigenvalue weighted by Crippen LogP contribution is 2.30. The van der Waals surface area contributed by atoms with Crippen LogP contribution < -0.4 is 0 Å². The molecule has 0 spiro atoms. The molecule has 2 aromatic carbocycles. The Hall–Kier alpha value is -2.24. The Morgan fingerprint density at radius 3 is 2.43 bits per heavy atom. The molecule has 23 heavy (non-hydrogen) atoms. The van der Waals surface area contributed by atoms with E-state index >= 15 is 0 Å². The molecule has 120 valence electrons. The van der Waals surface area contributed by atoms with Gasteiger partial charge in [0.2, 0.25) is 0 Å². The summed E-state index contributed by atoms with van der Waals surface area (Å²) in [7, 11) is 0. The van der Waals surface area contributed by atoms with Crippen molar-refractivity contribution in [3.63, 3.8) is 0 Å². The zero-order valence-electron chi connectivity index (χ0n) is 12.5. The molecule has 3 N–H and O–H groups in total. The number of hydrogen-bond acceptors (Lipinski definition) is 4. The van der Waals surface area contributed by atoms with Crippen molar-refractivity contribution in [2.75, 3.05) is 0 Å². The number of thioether (sulfide) groups is 1. The van der Waals surface area contributed by atoms with E-state index in [1.54, 1.807) is 23.9 Å². The molecule has 5 heteroatoms. The van der Waals surface area contributed by atoms with Gasteiger partial charge < -0.3 is 15.3 Å². The number of carboxylic acids is 1. The molecule has 2 aromatic rings. The van der Waals surface area contributed by atoms with Gasteiger partial charge in [-0.25, -0.2) is 4.79 Å². The molecule has 0 radical (unpaired) electrons. The fraction of sp³-hybridized carbons (Fsp3) is 0.167. The molecule has 0 saturated carbocycles. The predicted octanol–water partition coefficient (Wildman–Crippen LogP) is 3.42. The number of carbonyl (C=O) groups is 1. The van der Waals surface area contributed by atoms with E-state index in [0.717, 1.165) is 11.8 Å². The number of benzene rings is 2. The standard InChI is InChI=1S/C18H18O4S/c19-10-15-8-14(6-7-17(20)21)9-16(18(15)22)12-23-11-13-4-2-1-3-5-13/h1-9,19,22H,10-12H2,(H,20,21)/b7-6+. The summed E-state index contributed by atoms with van der Waals surface area (Å²) in [5.41, 5.74) is 2.92. The zero-order valence-corrected chi connectivity index (χ0v) is 13.3. The van der Waals surface area contributed by atoms with E-state index in [2.05, 4.69) is 0 Å². The Morgan fingerprint density at radius 2 is 1.78 bits per heavy atom. The maximum atomic E-state index is 10.6. The molecule has 0 atom stereocenters. The summed E-state index contributed by atoms with van der Waals surface area (Å²) >= 11 is 1.64. The van der Waals surface area contributed by atoms with Crippen molar-refractivity contribution in [1.29, 1.82) is 0 Å². The van der Waals surface area contributed by atoms with Crippen molar-refractivity contribution in [2.24, 2.45) is 0 Å². The molecule has 0 heterocycles. The largest absolute Gasteiger partial charge is 0.507 e. The highest BCUT2D eigenvalue weighted by molar-refractivity contribution is 7.97. The Bertz CT molecular complexity index is 696. The number of phenols is 1. The third kappa shape index (κ3) is 5.16. The molecule has 0 aliphatic rings. The molecule has 0 fully saturated rings. The van der Waals surface area contributed by atoms with Crippen LogP contribution in [0.25, 0.3) is 6.08 Å². The molecular formula is C18H18O4S. The van der Waals surface area contributed by atoms with Gasteiger partial charge in [0.25, 0.3) is 0 Å². The first-order valence-electron chi connectivity index (χ1n) is 7.08. The lowest BCUT2D eigenvalue weighted by molar-refractivity contribution is -0.131. The van der Waals surface area contributed by atoms with Crippen LogP contribution in [0, 0.1) is 0 Å². The predicted molar refractivity (Wildman–Crippen MR) is 92.1 cm³/mol. The van der Waals surface area contributed by atoms with Crippen molar-refractivity contribution >= 4 is 23.8 Å². The molecule has 0 amide bonds. The minimum Gasteiger partial charge on any atom is -0.507 e. The van der Waals surface area contributed by atoms with Crippen LogP contribution in [0.4, 0.5) is 0 Å². The number of aliphatic hydroxyl groups is 1. The van der Waals surface area contributed by atoms with Crippen LogP contribution in [0.5, 0.6) is 5.75 Å². The van der Waals surface area contributed by atoms with Crippen LogP contribution in [0.3, 0.4) is 0 Å². The van der Waals surface area contributed by atoms with Gasteiger partial charge >= 0.3 is 5.97 Å². The number of aliphatic hydroxyl groups excluding tert-OH is 1. The molecule has 2 rings (SSSR count). The van der Waals surface area contributed by atoms with Crippen LogP contribution in [-0.2, 0) is 22.9 Å². The van der Waals surface area contributed by atoms with E-state index in [1.165, 1.54) is 11.6 Å². The van der Waals surface area contributed by atoms with Gasteiger partial charge in [-0.15, -0.1) is 0 Å². The maximum Gasteiger partial charge on any atom is 0.328 e. The van der Waals surface area contributed by atoms with E-state index in [-0.39, 0.29) is 12.4 Å². The van der Waals surface area contributed by atoms with Gasteiger partial charge in [0.1, 0.15) is 5.75 Å².